The summed E-state index contributed by atoms with van der Waals surface area (Å²) in [6.07, 6.45) is 5.18. The molecule has 0 unspecified atom stereocenters. The molecule has 1 amide bonds. The van der Waals surface area contributed by atoms with Gasteiger partial charge in [-0.15, -0.1) is 0 Å². The van der Waals surface area contributed by atoms with Crippen LogP contribution < -0.4 is 0 Å². The third-order valence-electron chi connectivity index (χ3n) is 3.73. The molecule has 1 aliphatic heterocycles. The summed E-state index contributed by atoms with van der Waals surface area (Å²) < 4.78 is 12.6. The van der Waals surface area contributed by atoms with Crippen molar-refractivity contribution < 1.29 is 14.3 Å². The zero-order valence-corrected chi connectivity index (χ0v) is 16.1. The van der Waals surface area contributed by atoms with Gasteiger partial charge in [-0.05, 0) is 40.0 Å². The Hall–Kier alpha value is -0.0400. The van der Waals surface area contributed by atoms with Crippen molar-refractivity contribution in [2.24, 2.45) is 0 Å². The van der Waals surface area contributed by atoms with Crippen LogP contribution in [0.15, 0.2) is 0 Å². The summed E-state index contributed by atoms with van der Waals surface area (Å²) in [5, 5.41) is 0. The van der Waals surface area contributed by atoms with Crippen LogP contribution in [0.1, 0.15) is 59.8 Å². The molecular formula is C16H30INO3. The maximum absolute atomic E-state index is 12.1. The van der Waals surface area contributed by atoms with Crippen molar-refractivity contribution in [3.8, 4) is 0 Å². The van der Waals surface area contributed by atoms with Crippen LogP contribution in [0.2, 0.25) is 0 Å². The molecule has 0 N–H and O–H groups in total. The van der Waals surface area contributed by atoms with Crippen LogP contribution in [-0.4, -0.2) is 46.3 Å². The Bertz CT molecular complexity index is 320. The highest BCUT2D eigenvalue weighted by molar-refractivity contribution is 14.1. The number of halogens is 1. The highest BCUT2D eigenvalue weighted by Gasteiger charge is 2.37. The number of unbranched alkanes of at least 4 members (excludes halogenated alkanes) is 2. The molecule has 1 saturated heterocycles. The van der Waals surface area contributed by atoms with Crippen LogP contribution in [0.4, 0.5) is 4.79 Å². The third-order valence-corrected chi connectivity index (χ3v) is 5.12. The average molecular weight is 411 g/mol. The number of carbonyl (C=O) groups excluding carboxylic acids is 1. The maximum atomic E-state index is 12.1. The van der Waals surface area contributed by atoms with Crippen LogP contribution in [0.25, 0.3) is 0 Å². The lowest BCUT2D eigenvalue weighted by molar-refractivity contribution is -0.0683. The number of nitrogens with zero attached hydrogens (tertiary/aromatic N) is 1. The van der Waals surface area contributed by atoms with Crippen molar-refractivity contribution in [2.45, 2.75) is 71.0 Å². The first-order valence-electron chi connectivity index (χ1n) is 8.00. The standard InChI is InChI=1S/C16H30INO3/c1-5-6-7-12-20-16(13-17)8-10-18(11-9-16)14(19)21-15(2,3)4/h5-13H2,1-4H3. The Morgan fingerprint density at radius 1 is 1.24 bits per heavy atom. The van der Waals surface area contributed by atoms with Gasteiger partial charge in [0.25, 0.3) is 0 Å². The predicted molar refractivity (Wildman–Crippen MR) is 94.1 cm³/mol. The van der Waals surface area contributed by atoms with Crippen molar-refractivity contribution >= 4 is 28.7 Å². The molecular weight excluding hydrogens is 381 g/mol. The summed E-state index contributed by atoms with van der Waals surface area (Å²) in [4.78, 5) is 13.9. The first kappa shape index (κ1) is 19.0. The van der Waals surface area contributed by atoms with Gasteiger partial charge < -0.3 is 14.4 Å². The van der Waals surface area contributed by atoms with Crippen molar-refractivity contribution in [1.82, 2.24) is 4.90 Å². The number of hydrogen-bond acceptors (Lipinski definition) is 3. The molecule has 0 radical (unpaired) electrons. The fourth-order valence-electron chi connectivity index (χ4n) is 2.38. The minimum Gasteiger partial charge on any atom is -0.444 e. The first-order valence-corrected chi connectivity index (χ1v) is 9.52. The lowest BCUT2D eigenvalue weighted by atomic mass is 9.93. The molecule has 4 nitrogen and oxygen atoms in total. The van der Waals surface area contributed by atoms with Crippen LogP contribution in [0, 0.1) is 0 Å². The van der Waals surface area contributed by atoms with Gasteiger partial charge in [-0.1, -0.05) is 42.4 Å². The average Bonchev–Trinajstić information content (AvgIpc) is 2.42. The van der Waals surface area contributed by atoms with Gasteiger partial charge in [0.1, 0.15) is 5.60 Å². The number of likely N-dealkylation sites (tertiary alicyclic amines) is 1. The first-order chi connectivity index (χ1) is 9.82. The minimum absolute atomic E-state index is 0.0488. The van der Waals surface area contributed by atoms with Gasteiger partial charge in [-0.3, -0.25) is 0 Å². The molecule has 1 rings (SSSR count). The van der Waals surface area contributed by atoms with Crippen molar-refractivity contribution in [3.05, 3.63) is 0 Å². The van der Waals surface area contributed by atoms with E-state index in [1.807, 2.05) is 25.7 Å². The number of carbonyl (C=O) groups is 1. The Balaban J connectivity index is 2.42. The van der Waals surface area contributed by atoms with E-state index in [9.17, 15) is 4.79 Å². The molecule has 0 bridgehead atoms. The summed E-state index contributed by atoms with van der Waals surface area (Å²) in [6, 6.07) is 0. The highest BCUT2D eigenvalue weighted by atomic mass is 127. The van der Waals surface area contributed by atoms with E-state index < -0.39 is 5.60 Å². The molecule has 1 aliphatic rings. The van der Waals surface area contributed by atoms with Crippen molar-refractivity contribution in [1.29, 1.82) is 0 Å². The Morgan fingerprint density at radius 2 is 1.86 bits per heavy atom. The Kier molecular flexibility index (Phi) is 7.74. The second-order valence-electron chi connectivity index (χ2n) is 6.84. The number of amides is 1. The van der Waals surface area contributed by atoms with Crippen LogP contribution in [0.3, 0.4) is 0 Å². The summed E-state index contributed by atoms with van der Waals surface area (Å²) in [6.45, 7) is 10.2. The fraction of sp³-hybridized carbons (Fsp3) is 0.938. The molecule has 0 aromatic carbocycles. The van der Waals surface area contributed by atoms with Gasteiger partial charge in [0.05, 0.1) is 5.60 Å². The van der Waals surface area contributed by atoms with Gasteiger partial charge in [-0.2, -0.15) is 0 Å². The van der Waals surface area contributed by atoms with Gasteiger partial charge in [0, 0.05) is 24.1 Å². The molecule has 1 fully saturated rings. The molecule has 21 heavy (non-hydrogen) atoms. The van der Waals surface area contributed by atoms with Crippen LogP contribution >= 0.6 is 22.6 Å². The van der Waals surface area contributed by atoms with E-state index >= 15 is 0 Å². The number of alkyl halides is 1. The molecule has 5 heteroatoms. The molecule has 0 aliphatic carbocycles. The van der Waals surface area contributed by atoms with Gasteiger partial charge in [-0.25, -0.2) is 4.79 Å². The van der Waals surface area contributed by atoms with E-state index in [4.69, 9.17) is 9.47 Å². The normalized spacial score (nSPS) is 18.6. The molecule has 0 spiro atoms. The van der Waals surface area contributed by atoms with E-state index in [1.165, 1.54) is 12.8 Å². The largest absolute Gasteiger partial charge is 0.444 e. The SMILES string of the molecule is CCCCCOC1(CI)CCN(C(=O)OC(C)(C)C)CC1. The van der Waals surface area contributed by atoms with E-state index in [2.05, 4.69) is 29.5 Å². The number of ether oxygens (including phenoxy) is 2. The zero-order chi connectivity index (χ0) is 15.9. The van der Waals surface area contributed by atoms with E-state index in [1.54, 1.807) is 0 Å². The van der Waals surface area contributed by atoms with E-state index in [0.717, 1.165) is 43.4 Å². The summed E-state index contributed by atoms with van der Waals surface area (Å²) in [5.41, 5.74) is -0.474. The number of hydrogen-bond donors (Lipinski definition) is 0. The molecule has 0 saturated carbocycles. The Labute approximate surface area is 143 Å². The van der Waals surface area contributed by atoms with E-state index in [0.29, 0.717) is 0 Å². The lowest BCUT2D eigenvalue weighted by Gasteiger charge is -2.41. The smallest absolute Gasteiger partial charge is 0.410 e. The highest BCUT2D eigenvalue weighted by Crippen LogP contribution is 2.29. The van der Waals surface area contributed by atoms with Crippen molar-refractivity contribution in [3.63, 3.8) is 0 Å². The molecule has 1 heterocycles. The topological polar surface area (TPSA) is 38.8 Å². The van der Waals surface area contributed by atoms with Gasteiger partial charge in [0.15, 0.2) is 0 Å². The molecule has 0 aromatic heterocycles. The maximum Gasteiger partial charge on any atom is 0.410 e. The zero-order valence-electron chi connectivity index (χ0n) is 13.9. The summed E-state index contributed by atoms with van der Waals surface area (Å²) in [5.74, 6) is 0. The quantitative estimate of drug-likeness (QED) is 0.370. The Morgan fingerprint density at radius 3 is 2.33 bits per heavy atom. The van der Waals surface area contributed by atoms with Gasteiger partial charge >= 0.3 is 6.09 Å². The molecule has 0 atom stereocenters. The van der Waals surface area contributed by atoms with Crippen molar-refractivity contribution in [2.75, 3.05) is 24.1 Å². The second kappa shape index (κ2) is 8.56. The van der Waals surface area contributed by atoms with E-state index in [-0.39, 0.29) is 11.7 Å². The lowest BCUT2D eigenvalue weighted by Crippen LogP contribution is -2.50. The number of piperidine rings is 1. The second-order valence-corrected chi connectivity index (χ2v) is 7.60. The molecule has 0 aromatic rings. The predicted octanol–water partition coefficient (Wildman–Crippen LogP) is 4.40. The third kappa shape index (κ3) is 6.72. The molecule has 124 valence electrons. The minimum atomic E-state index is -0.425. The summed E-state index contributed by atoms with van der Waals surface area (Å²) in [7, 11) is 0. The van der Waals surface area contributed by atoms with Crippen LogP contribution in [-0.2, 0) is 9.47 Å². The number of rotatable bonds is 6. The van der Waals surface area contributed by atoms with Gasteiger partial charge in [0.2, 0.25) is 0 Å². The summed E-state index contributed by atoms with van der Waals surface area (Å²) >= 11 is 2.41. The van der Waals surface area contributed by atoms with Crippen LogP contribution in [0.5, 0.6) is 0 Å². The fourth-order valence-corrected chi connectivity index (χ4v) is 3.36. The monoisotopic (exact) mass is 411 g/mol.